The lowest BCUT2D eigenvalue weighted by molar-refractivity contribution is -0.839. The number of carbonyl (C=O) groups excluding carboxylic acids is 2. The molecule has 59 heavy (non-hydrogen) atoms. The summed E-state index contributed by atoms with van der Waals surface area (Å²) in [6, 6.07) is 0.890. The van der Waals surface area contributed by atoms with Crippen LogP contribution in [0.4, 0.5) is 0 Å². The van der Waals surface area contributed by atoms with Gasteiger partial charge in [-0.2, -0.15) is 0 Å². The van der Waals surface area contributed by atoms with Gasteiger partial charge in [-0.3, -0.25) is 8.97 Å². The first-order valence-electron chi connectivity index (χ1n) is 25.2. The summed E-state index contributed by atoms with van der Waals surface area (Å²) in [5.41, 5.74) is 2.20. The Morgan fingerprint density at radius 2 is 0.559 bits per heavy atom. The molecule has 0 fully saturated rings. The number of nitrogens with zero attached hydrogens (tertiary/aromatic N) is 2. The van der Waals surface area contributed by atoms with Gasteiger partial charge in [0.25, 0.3) is 0 Å². The van der Waals surface area contributed by atoms with Crippen LogP contribution >= 0.6 is 0 Å². The Balaban J connectivity index is -0.000000299. The predicted octanol–water partition coefficient (Wildman–Crippen LogP) is 11.1. The van der Waals surface area contributed by atoms with E-state index in [0.29, 0.717) is 21.0 Å². The lowest BCUT2D eigenvalue weighted by Crippen LogP contribution is -3.00. The number of halogens is 2. The van der Waals surface area contributed by atoms with E-state index in [1.807, 2.05) is 39.8 Å². The average molecular weight is 876 g/mol. The molecule has 0 aliphatic heterocycles. The van der Waals surface area contributed by atoms with E-state index in [9.17, 15) is 9.59 Å². The maximum Gasteiger partial charge on any atom is 0.338 e. The molecule has 0 aromatic carbocycles. The number of likely N-dealkylation sites (N-methyl/N-ethyl adjacent to an activating group) is 2. The van der Waals surface area contributed by atoms with Gasteiger partial charge in [0.2, 0.25) is 0 Å². The molecule has 0 heterocycles. The molecule has 0 bridgehead atoms. The van der Waals surface area contributed by atoms with Crippen molar-refractivity contribution in [2.24, 2.45) is 0 Å². The largest absolute Gasteiger partial charge is 1.00 e. The molecule has 0 N–H and O–H groups in total. The Hall–Kier alpha value is -0.680. The van der Waals surface area contributed by atoms with Gasteiger partial charge < -0.3 is 24.8 Å². The highest BCUT2D eigenvalue weighted by Crippen LogP contribution is 2.22. The summed E-state index contributed by atoms with van der Waals surface area (Å²) >= 11 is 0. The van der Waals surface area contributed by atoms with E-state index in [4.69, 9.17) is 0 Å². The van der Waals surface area contributed by atoms with E-state index >= 15 is 0 Å². The average Bonchev–Trinajstić information content (AvgIpc) is 3.15. The van der Waals surface area contributed by atoms with Crippen LogP contribution in [0.5, 0.6) is 0 Å². The van der Waals surface area contributed by atoms with Gasteiger partial charge in [0.1, 0.15) is 0 Å². The van der Waals surface area contributed by atoms with E-state index in [1.165, 1.54) is 186 Å². The molecule has 0 aliphatic rings. The third-order valence-electron chi connectivity index (χ3n) is 12.0. The number of hydrogen-bond acceptors (Lipinski definition) is 2. The number of amides is 2. The van der Waals surface area contributed by atoms with Crippen molar-refractivity contribution in [1.82, 2.24) is 0 Å². The van der Waals surface area contributed by atoms with Crippen molar-refractivity contribution in [2.75, 3.05) is 28.2 Å². The van der Waals surface area contributed by atoms with Gasteiger partial charge in [0, 0.05) is 12.2 Å². The smallest absolute Gasteiger partial charge is 0.338 e. The Labute approximate surface area is 385 Å². The van der Waals surface area contributed by atoms with Crippen LogP contribution in [0.15, 0.2) is 23.3 Å². The van der Waals surface area contributed by atoms with Crippen molar-refractivity contribution in [3.63, 3.8) is 0 Å². The second kappa shape index (κ2) is 46.8. The summed E-state index contributed by atoms with van der Waals surface area (Å²) in [5, 5.41) is 0. The fourth-order valence-electron chi connectivity index (χ4n) is 7.95. The number of allylic oxidation sites excluding steroid dienone is 2. The molecule has 2 atom stereocenters. The van der Waals surface area contributed by atoms with Gasteiger partial charge in [-0.15, -0.1) is 0 Å². The summed E-state index contributed by atoms with van der Waals surface area (Å²) < 4.78 is 1.000. The summed E-state index contributed by atoms with van der Waals surface area (Å²) in [5.74, 6) is 0.494. The molecule has 0 spiro atoms. The first-order chi connectivity index (χ1) is 27.1. The fourth-order valence-corrected chi connectivity index (χ4v) is 7.95. The van der Waals surface area contributed by atoms with E-state index in [2.05, 4.69) is 69.7 Å². The number of quaternary nitrogens is 2. The van der Waals surface area contributed by atoms with Gasteiger partial charge in [-0.25, -0.2) is 9.59 Å². The molecule has 2 amide bonds. The number of hydrogen-bond donors (Lipinski definition) is 0. The van der Waals surface area contributed by atoms with Crippen LogP contribution in [0.25, 0.3) is 0 Å². The zero-order valence-corrected chi connectivity index (χ0v) is 44.2. The second-order valence-electron chi connectivity index (χ2n) is 19.1. The van der Waals surface area contributed by atoms with Crippen LogP contribution in [0.1, 0.15) is 268 Å². The topological polar surface area (TPSA) is 34.1 Å². The maximum atomic E-state index is 12.5. The van der Waals surface area contributed by atoms with Crippen LogP contribution in [-0.4, -0.2) is 61.1 Å². The monoisotopic (exact) mass is 875 g/mol. The van der Waals surface area contributed by atoms with Crippen LogP contribution in [-0.2, 0) is 9.59 Å². The van der Waals surface area contributed by atoms with Gasteiger partial charge in [0.05, 0.1) is 40.3 Å². The van der Waals surface area contributed by atoms with Gasteiger partial charge in [-0.1, -0.05) is 213 Å². The first kappa shape index (κ1) is 67.4. The highest BCUT2D eigenvalue weighted by Gasteiger charge is 2.33. The number of unbranched alkanes of at least 4 members (excludes halogenated alkanes) is 24. The highest BCUT2D eigenvalue weighted by molar-refractivity contribution is 5.82. The quantitative estimate of drug-likeness (QED) is 0.0367. The fraction of sp³-hybridized carbons (Fsp3) is 0.887. The van der Waals surface area contributed by atoms with Crippen molar-refractivity contribution in [1.29, 1.82) is 0 Å². The Kier molecular flexibility index (Phi) is 53.5. The molecule has 0 aromatic heterocycles. The highest BCUT2D eigenvalue weighted by atomic mass is 35.5. The van der Waals surface area contributed by atoms with E-state index in [-0.39, 0.29) is 36.6 Å². The van der Waals surface area contributed by atoms with Crippen LogP contribution in [0, 0.1) is 0 Å². The lowest BCUT2D eigenvalue weighted by atomic mass is 10.0. The van der Waals surface area contributed by atoms with Crippen molar-refractivity contribution < 1.29 is 43.4 Å². The molecule has 0 saturated carbocycles. The van der Waals surface area contributed by atoms with E-state index in [1.54, 1.807) is 0 Å². The molecule has 0 rings (SSSR count). The van der Waals surface area contributed by atoms with Crippen molar-refractivity contribution >= 4 is 11.8 Å². The molecule has 0 radical (unpaired) electrons. The van der Waals surface area contributed by atoms with Gasteiger partial charge >= 0.3 is 11.8 Å². The molecular formula is C53H108Cl2N2O2. The van der Waals surface area contributed by atoms with E-state index in [0.717, 1.165) is 24.0 Å². The third-order valence-corrected chi connectivity index (χ3v) is 12.0. The molecule has 2 unspecified atom stereocenters. The minimum absolute atomic E-state index is 0. The van der Waals surface area contributed by atoms with Crippen molar-refractivity contribution in [2.45, 2.75) is 280 Å². The van der Waals surface area contributed by atoms with Crippen molar-refractivity contribution in [3.05, 3.63) is 23.3 Å². The van der Waals surface area contributed by atoms with Crippen molar-refractivity contribution in [3.8, 4) is 0 Å². The minimum Gasteiger partial charge on any atom is -1.00 e. The Bertz CT molecular complexity index is 891. The summed E-state index contributed by atoms with van der Waals surface area (Å²) in [6.07, 6.45) is 45.6. The standard InChI is InChI=1S/2C25H50NO.C3H8.2ClH/c2*1-7-9-10-11-12-13-14-15-16-17-18-19-20-21-24(8-2)26(5,6)25(27)22-23(3)4;1-3-2;;/h2*22,24H,7-21H2,1-6H3;3H2,1-2H3;2*1H/q2*+1;;;/p-2. The zero-order chi connectivity index (χ0) is 43.8. The van der Waals surface area contributed by atoms with Crippen LogP contribution in [0.3, 0.4) is 0 Å². The SMILES string of the molecule is CCC.CCCCCCCCCCCCCCCC(CC)[N+](C)(C)C(=O)C=C(C)C.CCCCCCCCCCCCCCCC(CC)[N+](C)(C)C(=O)C=C(C)C.[Cl-].[Cl-]. The number of carbonyl (C=O) groups is 2. The predicted molar refractivity (Wildman–Crippen MR) is 258 cm³/mol. The Morgan fingerprint density at radius 1 is 0.373 bits per heavy atom. The molecule has 0 saturated heterocycles. The lowest BCUT2D eigenvalue weighted by Gasteiger charge is -2.34. The molecule has 0 aliphatic carbocycles. The van der Waals surface area contributed by atoms with Gasteiger partial charge in [-0.05, 0) is 66.2 Å². The minimum atomic E-state index is 0. The molecule has 356 valence electrons. The molecule has 0 aromatic rings. The second-order valence-corrected chi connectivity index (χ2v) is 19.1. The molecule has 4 nitrogen and oxygen atoms in total. The third kappa shape index (κ3) is 41.1. The van der Waals surface area contributed by atoms with Crippen LogP contribution < -0.4 is 24.8 Å². The maximum absolute atomic E-state index is 12.5. The Morgan fingerprint density at radius 3 is 0.729 bits per heavy atom. The molecule has 6 heteroatoms. The van der Waals surface area contributed by atoms with Crippen LogP contribution in [0.2, 0.25) is 0 Å². The zero-order valence-electron chi connectivity index (χ0n) is 42.7. The molecular weight excluding hydrogens is 768 g/mol. The summed E-state index contributed by atoms with van der Waals surface area (Å²) in [4.78, 5) is 25.0. The number of rotatable bonds is 34. The summed E-state index contributed by atoms with van der Waals surface area (Å²) in [6.45, 7) is 21.3. The normalized spacial score (nSPS) is 12.0. The van der Waals surface area contributed by atoms with E-state index < -0.39 is 0 Å². The van der Waals surface area contributed by atoms with Gasteiger partial charge in [0.15, 0.2) is 0 Å². The first-order valence-corrected chi connectivity index (χ1v) is 25.2. The summed E-state index contributed by atoms with van der Waals surface area (Å²) in [7, 11) is 8.33.